The third-order valence-corrected chi connectivity index (χ3v) is 4.88. The van der Waals surface area contributed by atoms with Gasteiger partial charge in [0.05, 0.1) is 20.8 Å². The predicted molar refractivity (Wildman–Crippen MR) is 101 cm³/mol. The van der Waals surface area contributed by atoms with E-state index in [0.717, 1.165) is 29.9 Å². The van der Waals surface area contributed by atoms with Crippen molar-refractivity contribution in [2.45, 2.75) is 38.3 Å². The molecule has 0 bridgehead atoms. The number of nitrogens with zero attached hydrogens (tertiary/aromatic N) is 1. The Kier molecular flexibility index (Phi) is 7.72. The number of nitrogens with one attached hydrogen (secondary N) is 2. The number of likely N-dealkylation sites (N-methyl/N-ethyl adjacent to an activating group) is 1. The zero-order valence-corrected chi connectivity index (χ0v) is 16.2. The van der Waals surface area contributed by atoms with Crippen LogP contribution in [0, 0.1) is 0 Å². The van der Waals surface area contributed by atoms with Crippen LogP contribution in [0.5, 0.6) is 11.5 Å². The summed E-state index contributed by atoms with van der Waals surface area (Å²) < 4.78 is 10.6. The zero-order valence-electron chi connectivity index (χ0n) is 16.2. The Labute approximate surface area is 159 Å². The maximum Gasteiger partial charge on any atom is 0.317 e. The van der Waals surface area contributed by atoms with Crippen molar-refractivity contribution in [3.63, 3.8) is 0 Å². The lowest BCUT2D eigenvalue weighted by Gasteiger charge is -2.42. The summed E-state index contributed by atoms with van der Waals surface area (Å²) in [5, 5.41) is 14.7. The standard InChI is InChI=1S/C19H29N3O5/c1-4-22(12-18(23)24)15-10-14(11-15)21-19(25)20-8-7-13-9-16(26-2)5-6-17(13)27-3/h5-6,9,14-15H,4,7-8,10-12H2,1-3H3,(H,23,24)(H2,20,21,25). The highest BCUT2D eigenvalue weighted by Gasteiger charge is 2.34. The van der Waals surface area contributed by atoms with E-state index < -0.39 is 5.97 Å². The SMILES string of the molecule is CCN(CC(=O)O)C1CC(NC(=O)NCCc2cc(OC)ccc2OC)C1. The molecule has 8 nitrogen and oxygen atoms in total. The van der Waals surface area contributed by atoms with Gasteiger partial charge < -0.3 is 25.2 Å². The topological polar surface area (TPSA) is 100 Å². The number of hydrogen-bond acceptors (Lipinski definition) is 5. The van der Waals surface area contributed by atoms with Crippen molar-refractivity contribution < 1.29 is 24.2 Å². The summed E-state index contributed by atoms with van der Waals surface area (Å²) in [4.78, 5) is 24.8. The van der Waals surface area contributed by atoms with Crippen molar-refractivity contribution in [2.24, 2.45) is 0 Å². The monoisotopic (exact) mass is 379 g/mol. The van der Waals surface area contributed by atoms with E-state index in [9.17, 15) is 9.59 Å². The van der Waals surface area contributed by atoms with E-state index in [1.165, 1.54) is 0 Å². The molecule has 0 unspecified atom stereocenters. The molecular weight excluding hydrogens is 350 g/mol. The van der Waals surface area contributed by atoms with Gasteiger partial charge in [0.15, 0.2) is 0 Å². The third-order valence-electron chi connectivity index (χ3n) is 4.88. The first kappa shape index (κ1) is 20.8. The van der Waals surface area contributed by atoms with Gasteiger partial charge >= 0.3 is 12.0 Å². The van der Waals surface area contributed by atoms with Crippen LogP contribution in [0.1, 0.15) is 25.3 Å². The highest BCUT2D eigenvalue weighted by atomic mass is 16.5. The fourth-order valence-corrected chi connectivity index (χ4v) is 3.30. The fourth-order valence-electron chi connectivity index (χ4n) is 3.30. The van der Waals surface area contributed by atoms with Gasteiger partial charge in [0.2, 0.25) is 0 Å². The first-order valence-corrected chi connectivity index (χ1v) is 9.17. The van der Waals surface area contributed by atoms with Gasteiger partial charge in [-0.1, -0.05) is 6.92 Å². The number of methoxy groups -OCH3 is 2. The van der Waals surface area contributed by atoms with Crippen LogP contribution in [0.2, 0.25) is 0 Å². The maximum absolute atomic E-state index is 12.1. The molecule has 3 N–H and O–H groups in total. The Morgan fingerprint density at radius 1 is 1.26 bits per heavy atom. The predicted octanol–water partition coefficient (Wildman–Crippen LogP) is 1.48. The number of carbonyl (C=O) groups is 2. The highest BCUT2D eigenvalue weighted by Crippen LogP contribution is 2.26. The van der Waals surface area contributed by atoms with Crippen LogP contribution in [0.3, 0.4) is 0 Å². The summed E-state index contributed by atoms with van der Waals surface area (Å²) in [6.07, 6.45) is 2.18. The minimum absolute atomic E-state index is 0.0441. The van der Waals surface area contributed by atoms with Crippen LogP contribution in [0.15, 0.2) is 18.2 Å². The lowest BCUT2D eigenvalue weighted by Crippen LogP contribution is -2.56. The van der Waals surface area contributed by atoms with Crippen molar-refractivity contribution in [2.75, 3.05) is 33.9 Å². The molecule has 0 saturated heterocycles. The third kappa shape index (κ3) is 6.02. The van der Waals surface area contributed by atoms with E-state index in [-0.39, 0.29) is 24.7 Å². The van der Waals surface area contributed by atoms with Gasteiger partial charge in [-0.15, -0.1) is 0 Å². The van der Waals surface area contributed by atoms with E-state index >= 15 is 0 Å². The quantitative estimate of drug-likeness (QED) is 0.569. The molecular formula is C19H29N3O5. The molecule has 0 atom stereocenters. The van der Waals surface area contributed by atoms with Crippen LogP contribution in [0.25, 0.3) is 0 Å². The van der Waals surface area contributed by atoms with Crippen LogP contribution < -0.4 is 20.1 Å². The average molecular weight is 379 g/mol. The summed E-state index contributed by atoms with van der Waals surface area (Å²) >= 11 is 0. The van der Waals surface area contributed by atoms with Crippen molar-refractivity contribution in [1.82, 2.24) is 15.5 Å². The number of hydrogen-bond donors (Lipinski definition) is 3. The Morgan fingerprint density at radius 2 is 2.00 bits per heavy atom. The smallest absolute Gasteiger partial charge is 0.317 e. The fraction of sp³-hybridized carbons (Fsp3) is 0.579. The van der Waals surface area contributed by atoms with Crippen LogP contribution in [-0.4, -0.2) is 67.9 Å². The molecule has 1 aromatic rings. The molecule has 2 rings (SSSR count). The summed E-state index contributed by atoms with van der Waals surface area (Å²) in [5.74, 6) is 0.689. The zero-order chi connectivity index (χ0) is 19.8. The Bertz CT molecular complexity index is 646. The Hall–Kier alpha value is -2.48. The molecule has 0 spiro atoms. The summed E-state index contributed by atoms with van der Waals surface area (Å²) in [7, 11) is 3.22. The highest BCUT2D eigenvalue weighted by molar-refractivity contribution is 5.74. The van der Waals surface area contributed by atoms with Crippen molar-refractivity contribution >= 4 is 12.0 Å². The first-order chi connectivity index (χ1) is 13.0. The maximum atomic E-state index is 12.1. The number of aliphatic carboxylic acids is 1. The van der Waals surface area contributed by atoms with Crippen molar-refractivity contribution in [3.8, 4) is 11.5 Å². The van der Waals surface area contributed by atoms with Gasteiger partial charge in [0, 0.05) is 18.6 Å². The second-order valence-corrected chi connectivity index (χ2v) is 6.61. The molecule has 0 aliphatic heterocycles. The van der Waals surface area contributed by atoms with Crippen molar-refractivity contribution in [3.05, 3.63) is 23.8 Å². The largest absolute Gasteiger partial charge is 0.497 e. The Morgan fingerprint density at radius 3 is 2.59 bits per heavy atom. The van der Waals surface area contributed by atoms with Gasteiger partial charge in [-0.3, -0.25) is 9.69 Å². The van der Waals surface area contributed by atoms with Gasteiger partial charge in [-0.25, -0.2) is 4.79 Å². The van der Waals surface area contributed by atoms with Gasteiger partial charge in [0.1, 0.15) is 11.5 Å². The van der Waals surface area contributed by atoms with Gasteiger partial charge in [-0.05, 0) is 49.6 Å². The minimum Gasteiger partial charge on any atom is -0.497 e. The number of rotatable bonds is 10. The van der Waals surface area contributed by atoms with Gasteiger partial charge in [-0.2, -0.15) is 0 Å². The number of carbonyl (C=O) groups excluding carboxylic acids is 1. The second kappa shape index (κ2) is 10.0. The number of carboxylic acid groups (broad SMARTS) is 1. The minimum atomic E-state index is -0.820. The molecule has 0 aromatic heterocycles. The molecule has 1 fully saturated rings. The van der Waals surface area contributed by atoms with Gasteiger partial charge in [0.25, 0.3) is 0 Å². The van der Waals surface area contributed by atoms with E-state index in [1.807, 2.05) is 30.0 Å². The average Bonchev–Trinajstić information content (AvgIpc) is 2.62. The molecule has 0 heterocycles. The van der Waals surface area contributed by atoms with Crippen LogP contribution in [0.4, 0.5) is 4.79 Å². The van der Waals surface area contributed by atoms with Crippen LogP contribution in [-0.2, 0) is 11.2 Å². The number of benzene rings is 1. The molecule has 1 aromatic carbocycles. The van der Waals surface area contributed by atoms with E-state index in [4.69, 9.17) is 14.6 Å². The number of urea groups is 1. The molecule has 1 saturated carbocycles. The van der Waals surface area contributed by atoms with E-state index in [1.54, 1.807) is 14.2 Å². The summed E-state index contributed by atoms with van der Waals surface area (Å²) in [6.45, 7) is 3.16. The van der Waals surface area contributed by atoms with E-state index in [2.05, 4.69) is 10.6 Å². The summed E-state index contributed by atoms with van der Waals surface area (Å²) in [5.41, 5.74) is 0.966. The second-order valence-electron chi connectivity index (χ2n) is 6.61. The van der Waals surface area contributed by atoms with Crippen molar-refractivity contribution in [1.29, 1.82) is 0 Å². The molecule has 150 valence electrons. The van der Waals surface area contributed by atoms with E-state index in [0.29, 0.717) is 19.5 Å². The number of ether oxygens (including phenoxy) is 2. The summed E-state index contributed by atoms with van der Waals surface area (Å²) in [6, 6.07) is 5.68. The normalized spacial score (nSPS) is 18.5. The first-order valence-electron chi connectivity index (χ1n) is 9.17. The molecule has 0 radical (unpaired) electrons. The van der Waals surface area contributed by atoms with Crippen LogP contribution >= 0.6 is 0 Å². The molecule has 1 aliphatic rings. The number of carboxylic acids is 1. The molecule has 27 heavy (non-hydrogen) atoms. The lowest BCUT2D eigenvalue weighted by molar-refractivity contribution is -0.139. The molecule has 1 aliphatic carbocycles. The Balaban J connectivity index is 1.71. The molecule has 8 heteroatoms. The lowest BCUT2D eigenvalue weighted by atomic mass is 9.85. The number of amides is 2. The molecule has 2 amide bonds.